The van der Waals surface area contributed by atoms with Gasteiger partial charge in [-0.3, -0.25) is 0 Å². The van der Waals surface area contributed by atoms with Crippen LogP contribution < -0.4 is 14.5 Å². The Morgan fingerprint density at radius 3 is 2.67 bits per heavy atom. The average Bonchev–Trinajstić information content (AvgIpc) is 3.12. The van der Waals surface area contributed by atoms with E-state index in [1.54, 1.807) is 46.6 Å². The normalized spacial score (nSPS) is 15.3. The first kappa shape index (κ1) is 18.2. The van der Waals surface area contributed by atoms with Crippen LogP contribution in [0.25, 0.3) is 10.2 Å². The molecule has 5 nitrogen and oxygen atoms in total. The number of ether oxygens (including phenoxy) is 1. The van der Waals surface area contributed by atoms with Crippen molar-refractivity contribution in [2.24, 2.45) is 0 Å². The molecule has 0 radical (unpaired) electrons. The topological polar surface area (TPSA) is 46.9 Å². The molecule has 2 heterocycles. The van der Waals surface area contributed by atoms with Gasteiger partial charge in [0.1, 0.15) is 5.75 Å². The van der Waals surface area contributed by atoms with Crippen molar-refractivity contribution in [3.05, 3.63) is 53.1 Å². The maximum Gasteiger partial charge on any atom is 0.343 e. The van der Waals surface area contributed by atoms with Crippen LogP contribution in [-0.4, -0.2) is 43.7 Å². The highest BCUT2D eigenvalue weighted by atomic mass is 35.5. The van der Waals surface area contributed by atoms with Gasteiger partial charge in [-0.15, -0.1) is 0 Å². The van der Waals surface area contributed by atoms with E-state index in [0.29, 0.717) is 16.3 Å². The van der Waals surface area contributed by atoms with Crippen LogP contribution in [0.5, 0.6) is 5.75 Å². The number of halogens is 1. The third kappa shape index (κ3) is 4.08. The molecule has 140 valence electrons. The fourth-order valence-electron chi connectivity index (χ4n) is 3.21. The van der Waals surface area contributed by atoms with E-state index in [2.05, 4.69) is 11.8 Å². The maximum atomic E-state index is 12.3. The van der Waals surface area contributed by atoms with Crippen LogP contribution in [0, 0.1) is 0 Å². The zero-order chi connectivity index (χ0) is 18.8. The predicted octanol–water partition coefficient (Wildman–Crippen LogP) is 2.89. The zero-order valence-electron chi connectivity index (χ0n) is 15.1. The van der Waals surface area contributed by atoms with Gasteiger partial charge in [-0.2, -0.15) is 0 Å². The van der Waals surface area contributed by atoms with Crippen molar-refractivity contribution in [1.29, 1.82) is 0 Å². The van der Waals surface area contributed by atoms with E-state index < -0.39 is 5.97 Å². The van der Waals surface area contributed by atoms with Gasteiger partial charge in [-0.05, 0) is 43.3 Å². The van der Waals surface area contributed by atoms with Crippen LogP contribution in [0.2, 0.25) is 5.02 Å². The Labute approximate surface area is 167 Å². The van der Waals surface area contributed by atoms with Crippen molar-refractivity contribution >= 4 is 44.3 Å². The molecule has 0 amide bonds. The Bertz CT molecular complexity index is 950. The highest BCUT2D eigenvalue weighted by molar-refractivity contribution is 7.22. The summed E-state index contributed by atoms with van der Waals surface area (Å²) >= 11 is 7.51. The molecule has 0 saturated carbocycles. The van der Waals surface area contributed by atoms with Crippen molar-refractivity contribution in [2.45, 2.75) is 6.92 Å². The van der Waals surface area contributed by atoms with E-state index in [1.165, 1.54) is 6.54 Å². The first-order chi connectivity index (χ1) is 13.1. The lowest BCUT2D eigenvalue weighted by Crippen LogP contribution is -3.14. The highest BCUT2D eigenvalue weighted by Crippen LogP contribution is 2.31. The summed E-state index contributed by atoms with van der Waals surface area (Å²) in [6, 6.07) is 12.3. The van der Waals surface area contributed by atoms with Gasteiger partial charge in [0, 0.05) is 11.1 Å². The second-order valence-corrected chi connectivity index (χ2v) is 8.06. The lowest BCUT2D eigenvalue weighted by atomic mass is 10.2. The van der Waals surface area contributed by atoms with Crippen LogP contribution in [0.3, 0.4) is 0 Å². The molecule has 0 aliphatic carbocycles. The van der Waals surface area contributed by atoms with Crippen molar-refractivity contribution < 1.29 is 14.4 Å². The fraction of sp³-hybridized carbons (Fsp3) is 0.300. The third-order valence-electron chi connectivity index (χ3n) is 4.88. The summed E-state index contributed by atoms with van der Waals surface area (Å²) in [4.78, 5) is 21.0. The minimum atomic E-state index is -0.394. The number of hydrogen-bond donors (Lipinski definition) is 1. The number of fused-ring (bicyclic) bond motifs is 1. The number of hydrogen-bond acceptors (Lipinski definition) is 5. The first-order valence-electron chi connectivity index (χ1n) is 9.09. The number of carbonyl (C=O) groups is 1. The molecule has 2 aromatic carbocycles. The van der Waals surface area contributed by atoms with Gasteiger partial charge in [-0.1, -0.05) is 22.9 Å². The number of quaternary nitrogens is 1. The Morgan fingerprint density at radius 2 is 1.96 bits per heavy atom. The minimum absolute atomic E-state index is 0.394. The summed E-state index contributed by atoms with van der Waals surface area (Å²) in [5.41, 5.74) is 1.41. The largest absolute Gasteiger partial charge is 0.423 e. The molecule has 0 unspecified atom stereocenters. The van der Waals surface area contributed by atoms with Crippen molar-refractivity contribution in [2.75, 3.05) is 37.6 Å². The van der Waals surface area contributed by atoms with E-state index in [-0.39, 0.29) is 0 Å². The maximum absolute atomic E-state index is 12.3. The second kappa shape index (κ2) is 7.84. The number of nitrogens with one attached hydrogen (secondary N) is 1. The number of piperazine rings is 1. The van der Waals surface area contributed by atoms with E-state index in [4.69, 9.17) is 21.3 Å². The van der Waals surface area contributed by atoms with Crippen molar-refractivity contribution in [3.63, 3.8) is 0 Å². The second-order valence-electron chi connectivity index (χ2n) is 6.61. The zero-order valence-corrected chi connectivity index (χ0v) is 16.6. The molecule has 1 aliphatic rings. The van der Waals surface area contributed by atoms with Gasteiger partial charge < -0.3 is 14.5 Å². The number of thiazole rings is 1. The summed E-state index contributed by atoms with van der Waals surface area (Å²) in [5, 5.41) is 1.63. The van der Waals surface area contributed by atoms with Gasteiger partial charge in [0.15, 0.2) is 5.13 Å². The SMILES string of the molecule is CC[NH+]1CCN(c2nc3ccc(OC(=O)c4ccc(Cl)cc4)cc3s2)CC1. The van der Waals surface area contributed by atoms with E-state index in [1.807, 2.05) is 12.1 Å². The minimum Gasteiger partial charge on any atom is -0.423 e. The summed E-state index contributed by atoms with van der Waals surface area (Å²) in [5.74, 6) is 0.132. The Morgan fingerprint density at radius 1 is 1.22 bits per heavy atom. The Balaban J connectivity index is 1.49. The highest BCUT2D eigenvalue weighted by Gasteiger charge is 2.21. The first-order valence-corrected chi connectivity index (χ1v) is 10.3. The van der Waals surface area contributed by atoms with Crippen LogP contribution in [0.1, 0.15) is 17.3 Å². The molecule has 1 N–H and O–H groups in total. The molecule has 3 aromatic rings. The fourth-order valence-corrected chi connectivity index (χ4v) is 4.38. The molecule has 1 aromatic heterocycles. The quantitative estimate of drug-likeness (QED) is 0.538. The Hall–Kier alpha value is -2.15. The van der Waals surface area contributed by atoms with Crippen molar-refractivity contribution in [1.82, 2.24) is 4.98 Å². The smallest absolute Gasteiger partial charge is 0.343 e. The van der Waals surface area contributed by atoms with Crippen LogP contribution in [-0.2, 0) is 0 Å². The van der Waals surface area contributed by atoms with E-state index >= 15 is 0 Å². The number of carbonyl (C=O) groups excluding carboxylic acids is 1. The molecular formula is C20H21ClN3O2S+. The molecule has 0 atom stereocenters. The van der Waals surface area contributed by atoms with Crippen molar-refractivity contribution in [3.8, 4) is 5.75 Å². The molecule has 7 heteroatoms. The number of benzene rings is 2. The summed E-state index contributed by atoms with van der Waals surface area (Å²) in [6.07, 6.45) is 0. The monoisotopic (exact) mass is 402 g/mol. The number of likely N-dealkylation sites (N-methyl/N-ethyl adjacent to an activating group) is 1. The number of esters is 1. The average molecular weight is 403 g/mol. The molecule has 4 rings (SSSR count). The van der Waals surface area contributed by atoms with Gasteiger partial charge in [-0.25, -0.2) is 9.78 Å². The molecule has 0 bridgehead atoms. The summed E-state index contributed by atoms with van der Waals surface area (Å²) in [7, 11) is 0. The summed E-state index contributed by atoms with van der Waals surface area (Å²) < 4.78 is 6.54. The van der Waals surface area contributed by atoms with Gasteiger partial charge >= 0.3 is 5.97 Å². The molecule has 1 aliphatic heterocycles. The van der Waals surface area contributed by atoms with Crippen LogP contribution in [0.15, 0.2) is 42.5 Å². The van der Waals surface area contributed by atoms with E-state index in [9.17, 15) is 4.79 Å². The van der Waals surface area contributed by atoms with Crippen LogP contribution >= 0.6 is 22.9 Å². The van der Waals surface area contributed by atoms with Gasteiger partial charge in [0.25, 0.3) is 0 Å². The van der Waals surface area contributed by atoms with Gasteiger partial charge in [0.2, 0.25) is 0 Å². The molecule has 27 heavy (non-hydrogen) atoms. The van der Waals surface area contributed by atoms with E-state index in [0.717, 1.165) is 41.5 Å². The predicted molar refractivity (Wildman–Crippen MR) is 109 cm³/mol. The molecule has 1 fully saturated rings. The summed E-state index contributed by atoms with van der Waals surface area (Å²) in [6.45, 7) is 7.77. The molecule has 1 saturated heterocycles. The standard InChI is InChI=1S/C20H20ClN3O2S/c1-2-23-9-11-24(12-10-23)20-22-17-8-7-16(13-18(17)27-20)26-19(25)14-3-5-15(21)6-4-14/h3-8,13H,2,9-12H2,1H3/p+1. The lowest BCUT2D eigenvalue weighted by molar-refractivity contribution is -0.898. The van der Waals surface area contributed by atoms with Crippen LogP contribution in [0.4, 0.5) is 5.13 Å². The molecule has 0 spiro atoms. The lowest BCUT2D eigenvalue weighted by Gasteiger charge is -2.31. The number of aromatic nitrogens is 1. The molecular weight excluding hydrogens is 382 g/mol. The number of nitrogens with zero attached hydrogens (tertiary/aromatic N) is 2. The van der Waals surface area contributed by atoms with Gasteiger partial charge in [0.05, 0.1) is 48.5 Å². The third-order valence-corrected chi connectivity index (χ3v) is 6.21. The Kier molecular flexibility index (Phi) is 5.29. The number of rotatable bonds is 4. The number of anilines is 1.